The van der Waals surface area contributed by atoms with Crippen LogP contribution in [-0.4, -0.2) is 62.7 Å². The van der Waals surface area contributed by atoms with Gasteiger partial charge in [-0.15, -0.1) is 0 Å². The normalized spacial score (nSPS) is 21.2. The molecule has 0 spiro atoms. The number of carboxylic acids is 1. The lowest BCUT2D eigenvalue weighted by Gasteiger charge is -2.41. The minimum Gasteiger partial charge on any atom is -0.490 e. The molecule has 0 aliphatic carbocycles. The molecule has 1 saturated heterocycles. The van der Waals surface area contributed by atoms with Crippen LogP contribution in [0.15, 0.2) is 42.5 Å². The number of aromatic nitrogens is 3. The van der Waals surface area contributed by atoms with Crippen molar-refractivity contribution in [3.63, 3.8) is 0 Å². The van der Waals surface area contributed by atoms with Gasteiger partial charge in [-0.05, 0) is 91.3 Å². The number of hydrogen-bond donors (Lipinski definition) is 1. The Morgan fingerprint density at radius 2 is 1.79 bits per heavy atom. The lowest BCUT2D eigenvalue weighted by atomic mass is 9.92. The summed E-state index contributed by atoms with van der Waals surface area (Å²) in [6.07, 6.45) is 2.37. The molecule has 2 aromatic heterocycles. The predicted octanol–water partition coefficient (Wildman–Crippen LogP) is 7.92. The van der Waals surface area contributed by atoms with Crippen molar-refractivity contribution in [2.24, 2.45) is 0 Å². The van der Waals surface area contributed by atoms with Gasteiger partial charge < -0.3 is 24.2 Å². The van der Waals surface area contributed by atoms with E-state index < -0.39 is 29.3 Å². The first kappa shape index (κ1) is 33.8. The zero-order valence-electron chi connectivity index (χ0n) is 28.5. The molecular formula is C37H44F2N4O5. The van der Waals surface area contributed by atoms with Gasteiger partial charge >= 0.3 is 5.97 Å². The van der Waals surface area contributed by atoms with Crippen LogP contribution >= 0.6 is 0 Å². The molecule has 7 rings (SSSR count). The zero-order valence-corrected chi connectivity index (χ0v) is 28.5. The molecule has 5 heterocycles. The molecule has 3 aliphatic heterocycles. The number of ether oxygens (including phenoxy) is 3. The van der Waals surface area contributed by atoms with Crippen LogP contribution in [-0.2, 0) is 14.3 Å². The number of halogens is 2. The average molecular weight is 663 g/mol. The number of aliphatic carboxylic acids is 1. The van der Waals surface area contributed by atoms with Gasteiger partial charge in [-0.2, -0.15) is 9.61 Å². The van der Waals surface area contributed by atoms with Crippen LogP contribution in [0.5, 0.6) is 5.75 Å². The molecule has 9 nitrogen and oxygen atoms in total. The minimum absolute atomic E-state index is 0.224. The third-order valence-electron chi connectivity index (χ3n) is 9.16. The Balaban J connectivity index is 1.54. The standard InChI is InChI=1S/C37H44F2N4O5/c1-22-10-7-8-17-46-37(6)13-15-42(16-14-37)34-32(33(35(44)45)48-36(3,4)5)23(2)40-31-21-29(41-43(31)34)25-12-9-11-24(18-25)26-19-27(38)28(39)20-30(26)47-22/h9,11-12,18-22,33H,7-8,10,13-17H2,1-6H3,(H,44,45). The lowest BCUT2D eigenvalue weighted by Crippen LogP contribution is -2.46. The fourth-order valence-corrected chi connectivity index (χ4v) is 6.62. The van der Waals surface area contributed by atoms with Crippen molar-refractivity contribution in [3.05, 3.63) is 65.4 Å². The number of carbonyl (C=O) groups is 1. The fourth-order valence-electron chi connectivity index (χ4n) is 6.62. The monoisotopic (exact) mass is 662 g/mol. The number of aryl methyl sites for hydroxylation is 1. The molecule has 2 aromatic carbocycles. The number of benzene rings is 2. The van der Waals surface area contributed by atoms with Gasteiger partial charge in [-0.1, -0.05) is 18.2 Å². The van der Waals surface area contributed by atoms with E-state index in [-0.39, 0.29) is 17.5 Å². The highest BCUT2D eigenvalue weighted by Gasteiger charge is 2.38. The number of rotatable bonds is 3. The van der Waals surface area contributed by atoms with Gasteiger partial charge in [0.05, 0.1) is 28.6 Å². The van der Waals surface area contributed by atoms with Crippen molar-refractivity contribution in [2.45, 2.75) is 97.1 Å². The SMILES string of the molecule is Cc1nc2cc3nn2c(c1C(OC(C)(C)C)C(=O)O)N1CCC(C)(CC1)OCCCCC(C)Oc1cc(F)c(F)cc1-c1cccc-3c1. The summed E-state index contributed by atoms with van der Waals surface area (Å²) in [5, 5.41) is 15.5. The molecule has 48 heavy (non-hydrogen) atoms. The second-order valence-corrected chi connectivity index (χ2v) is 14.2. The molecule has 2 unspecified atom stereocenters. The molecule has 6 bridgehead atoms. The van der Waals surface area contributed by atoms with Crippen LogP contribution in [0.2, 0.25) is 0 Å². The average Bonchev–Trinajstić information content (AvgIpc) is 3.44. The van der Waals surface area contributed by atoms with Crippen LogP contribution < -0.4 is 9.64 Å². The zero-order chi connectivity index (χ0) is 34.4. The fraction of sp³-hybridized carbons (Fsp3) is 0.486. The van der Waals surface area contributed by atoms with E-state index in [0.717, 1.165) is 43.7 Å². The van der Waals surface area contributed by atoms with Crippen molar-refractivity contribution in [2.75, 3.05) is 24.6 Å². The minimum atomic E-state index is -1.28. The Hall–Kier alpha value is -4.09. The van der Waals surface area contributed by atoms with Gasteiger partial charge in [-0.25, -0.2) is 18.6 Å². The summed E-state index contributed by atoms with van der Waals surface area (Å²) in [5.41, 5.74) is 2.84. The number of fused-ring (bicyclic) bond motifs is 8. The summed E-state index contributed by atoms with van der Waals surface area (Å²) in [6.45, 7) is 13.2. The molecule has 0 saturated carbocycles. The van der Waals surface area contributed by atoms with Gasteiger partial charge in [0.2, 0.25) is 0 Å². The first-order valence-corrected chi connectivity index (χ1v) is 16.7. The van der Waals surface area contributed by atoms with Gasteiger partial charge in [0.25, 0.3) is 0 Å². The van der Waals surface area contributed by atoms with Crippen molar-refractivity contribution in [1.82, 2.24) is 14.6 Å². The summed E-state index contributed by atoms with van der Waals surface area (Å²) < 4.78 is 49.6. The number of anilines is 1. The maximum absolute atomic E-state index is 14.6. The molecular weight excluding hydrogens is 618 g/mol. The number of carboxylic acid groups (broad SMARTS) is 1. The van der Waals surface area contributed by atoms with E-state index in [2.05, 4.69) is 11.8 Å². The number of piperidine rings is 1. The van der Waals surface area contributed by atoms with Gasteiger partial charge in [0.1, 0.15) is 11.6 Å². The molecule has 1 fully saturated rings. The Kier molecular flexibility index (Phi) is 9.21. The topological polar surface area (TPSA) is 98.4 Å². The summed E-state index contributed by atoms with van der Waals surface area (Å²) in [6, 6.07) is 11.5. The first-order chi connectivity index (χ1) is 22.7. The Morgan fingerprint density at radius 3 is 2.50 bits per heavy atom. The van der Waals surface area contributed by atoms with Crippen LogP contribution in [0.25, 0.3) is 28.0 Å². The van der Waals surface area contributed by atoms with Crippen molar-refractivity contribution < 1.29 is 32.9 Å². The third kappa shape index (κ3) is 7.03. The summed E-state index contributed by atoms with van der Waals surface area (Å²) in [5.74, 6) is -2.16. The molecule has 0 amide bonds. The molecule has 4 aromatic rings. The summed E-state index contributed by atoms with van der Waals surface area (Å²) in [4.78, 5) is 19.8. The summed E-state index contributed by atoms with van der Waals surface area (Å²) in [7, 11) is 0. The second-order valence-electron chi connectivity index (χ2n) is 14.2. The molecule has 256 valence electrons. The number of nitrogens with zero attached hydrogens (tertiary/aromatic N) is 4. The highest BCUT2D eigenvalue weighted by molar-refractivity contribution is 5.80. The van der Waals surface area contributed by atoms with Crippen molar-refractivity contribution in [3.8, 4) is 28.1 Å². The van der Waals surface area contributed by atoms with E-state index in [9.17, 15) is 18.7 Å². The number of hydrogen-bond acceptors (Lipinski definition) is 7. The Morgan fingerprint density at radius 1 is 1.08 bits per heavy atom. The first-order valence-electron chi connectivity index (χ1n) is 16.7. The van der Waals surface area contributed by atoms with E-state index in [4.69, 9.17) is 24.3 Å². The maximum Gasteiger partial charge on any atom is 0.337 e. The Labute approximate surface area is 279 Å². The molecule has 2 atom stereocenters. The second kappa shape index (κ2) is 13.1. The van der Waals surface area contributed by atoms with E-state index in [0.29, 0.717) is 59.2 Å². The lowest BCUT2D eigenvalue weighted by molar-refractivity contribution is -0.160. The van der Waals surface area contributed by atoms with Crippen LogP contribution in [0.1, 0.15) is 84.1 Å². The maximum atomic E-state index is 14.6. The highest BCUT2D eigenvalue weighted by atomic mass is 19.2. The van der Waals surface area contributed by atoms with Gasteiger partial charge in [-0.3, -0.25) is 0 Å². The van der Waals surface area contributed by atoms with Crippen LogP contribution in [0, 0.1) is 18.6 Å². The highest BCUT2D eigenvalue weighted by Crippen LogP contribution is 2.40. The third-order valence-corrected chi connectivity index (χ3v) is 9.16. The molecule has 3 aliphatic rings. The van der Waals surface area contributed by atoms with E-state index >= 15 is 0 Å². The molecule has 11 heteroatoms. The van der Waals surface area contributed by atoms with E-state index in [1.54, 1.807) is 11.4 Å². The molecule has 0 radical (unpaired) electrons. The van der Waals surface area contributed by atoms with Crippen LogP contribution in [0.4, 0.5) is 14.6 Å². The van der Waals surface area contributed by atoms with E-state index in [1.807, 2.05) is 58.0 Å². The Bertz CT molecular complexity index is 1830. The van der Waals surface area contributed by atoms with Crippen molar-refractivity contribution in [1.29, 1.82) is 0 Å². The van der Waals surface area contributed by atoms with Crippen molar-refractivity contribution >= 4 is 17.4 Å². The van der Waals surface area contributed by atoms with Crippen LogP contribution in [0.3, 0.4) is 0 Å². The largest absolute Gasteiger partial charge is 0.490 e. The smallest absolute Gasteiger partial charge is 0.337 e. The quantitative estimate of drug-likeness (QED) is 0.236. The van der Waals surface area contributed by atoms with E-state index in [1.165, 1.54) is 6.07 Å². The summed E-state index contributed by atoms with van der Waals surface area (Å²) >= 11 is 0. The van der Waals surface area contributed by atoms with Gasteiger partial charge in [0, 0.05) is 48.6 Å². The predicted molar refractivity (Wildman–Crippen MR) is 179 cm³/mol. The van der Waals surface area contributed by atoms with Gasteiger partial charge in [0.15, 0.2) is 23.4 Å². The molecule has 1 N–H and O–H groups in total.